The third-order valence-electron chi connectivity index (χ3n) is 2.12. The van der Waals surface area contributed by atoms with E-state index in [0.717, 1.165) is 19.6 Å². The number of rotatable bonds is 4. The van der Waals surface area contributed by atoms with E-state index in [-0.39, 0.29) is 0 Å². The Labute approximate surface area is 74.4 Å². The molecule has 1 rings (SSSR count). The molecule has 1 aliphatic heterocycles. The van der Waals surface area contributed by atoms with Crippen LogP contribution in [-0.4, -0.2) is 37.5 Å². The normalized spacial score (nSPS) is 24.2. The molecular weight excluding hydrogens is 152 g/mol. The third-order valence-corrected chi connectivity index (χ3v) is 2.12. The summed E-state index contributed by atoms with van der Waals surface area (Å²) in [7, 11) is 1.75. The molecule has 0 aromatic heterocycles. The van der Waals surface area contributed by atoms with E-state index in [0.29, 0.717) is 6.04 Å². The van der Waals surface area contributed by atoms with Gasteiger partial charge in [-0.2, -0.15) is 5.10 Å². The van der Waals surface area contributed by atoms with Crippen LogP contribution in [0.1, 0.15) is 26.2 Å². The second kappa shape index (κ2) is 5.14. The molecule has 1 heterocycles. The third kappa shape index (κ3) is 2.48. The maximum absolute atomic E-state index is 5.12. The minimum atomic E-state index is 0.512. The van der Waals surface area contributed by atoms with Gasteiger partial charge in [-0.3, -0.25) is 5.01 Å². The monoisotopic (exact) mass is 170 g/mol. The van der Waals surface area contributed by atoms with Crippen molar-refractivity contribution in [2.24, 2.45) is 5.10 Å². The Hall–Kier alpha value is -0.570. The zero-order valence-electron chi connectivity index (χ0n) is 7.99. The molecule has 0 aromatic carbocycles. The van der Waals surface area contributed by atoms with Crippen LogP contribution < -0.4 is 0 Å². The summed E-state index contributed by atoms with van der Waals surface area (Å²) in [6.07, 6.45) is 5.44. The molecule has 0 bridgehead atoms. The fourth-order valence-corrected chi connectivity index (χ4v) is 1.52. The lowest BCUT2D eigenvalue weighted by molar-refractivity contribution is 0.118. The minimum absolute atomic E-state index is 0.512. The lowest BCUT2D eigenvalue weighted by Gasteiger charge is -2.20. The molecule has 0 N–H and O–H groups in total. The number of ether oxygens (including phenoxy) is 1. The van der Waals surface area contributed by atoms with Crippen LogP contribution in [-0.2, 0) is 4.74 Å². The fourth-order valence-electron chi connectivity index (χ4n) is 1.52. The number of hydrazone groups is 1. The Balaban J connectivity index is 2.35. The summed E-state index contributed by atoms with van der Waals surface area (Å²) in [5, 5.41) is 6.52. The maximum atomic E-state index is 5.12. The standard InChI is InChI=1S/C9H18N2O/c1-3-6-10-11-7-4-5-9(11)8-12-2/h6,9H,3-5,7-8H2,1-2H3/t9-/m1/s1. The van der Waals surface area contributed by atoms with Gasteiger partial charge < -0.3 is 4.74 Å². The van der Waals surface area contributed by atoms with Crippen molar-refractivity contribution >= 4 is 6.21 Å². The quantitative estimate of drug-likeness (QED) is 0.597. The second-order valence-corrected chi connectivity index (χ2v) is 3.12. The highest BCUT2D eigenvalue weighted by atomic mass is 16.5. The average molecular weight is 170 g/mol. The summed E-state index contributed by atoms with van der Waals surface area (Å²) in [4.78, 5) is 0. The largest absolute Gasteiger partial charge is 0.382 e. The van der Waals surface area contributed by atoms with Gasteiger partial charge in [-0.15, -0.1) is 0 Å². The fraction of sp³-hybridized carbons (Fsp3) is 0.889. The predicted octanol–water partition coefficient (Wildman–Crippen LogP) is 1.49. The van der Waals surface area contributed by atoms with Crippen molar-refractivity contribution in [3.05, 3.63) is 0 Å². The summed E-state index contributed by atoms with van der Waals surface area (Å²) in [6.45, 7) is 4.00. The van der Waals surface area contributed by atoms with Crippen molar-refractivity contribution < 1.29 is 4.74 Å². The summed E-state index contributed by atoms with van der Waals surface area (Å²) in [5.41, 5.74) is 0. The molecular formula is C9H18N2O. The summed E-state index contributed by atoms with van der Waals surface area (Å²) in [6, 6.07) is 0.512. The van der Waals surface area contributed by atoms with Crippen LogP contribution in [0, 0.1) is 0 Å². The smallest absolute Gasteiger partial charge is 0.0704 e. The highest BCUT2D eigenvalue weighted by Gasteiger charge is 2.22. The zero-order chi connectivity index (χ0) is 8.81. The van der Waals surface area contributed by atoms with E-state index < -0.39 is 0 Å². The molecule has 0 radical (unpaired) electrons. The molecule has 0 aromatic rings. The number of methoxy groups -OCH3 is 1. The first-order valence-electron chi connectivity index (χ1n) is 4.66. The minimum Gasteiger partial charge on any atom is -0.382 e. The average Bonchev–Trinajstić information content (AvgIpc) is 2.50. The Morgan fingerprint density at radius 1 is 1.67 bits per heavy atom. The van der Waals surface area contributed by atoms with Crippen LogP contribution in [0.4, 0.5) is 0 Å². The van der Waals surface area contributed by atoms with Crippen molar-refractivity contribution in [3.8, 4) is 0 Å². The molecule has 12 heavy (non-hydrogen) atoms. The molecule has 1 fully saturated rings. The van der Waals surface area contributed by atoms with Crippen LogP contribution >= 0.6 is 0 Å². The predicted molar refractivity (Wildman–Crippen MR) is 50.4 cm³/mol. The van der Waals surface area contributed by atoms with Gasteiger partial charge in [0.05, 0.1) is 12.6 Å². The van der Waals surface area contributed by atoms with Crippen molar-refractivity contribution in [1.29, 1.82) is 0 Å². The van der Waals surface area contributed by atoms with Crippen LogP contribution in [0.15, 0.2) is 5.10 Å². The zero-order valence-corrected chi connectivity index (χ0v) is 7.99. The van der Waals surface area contributed by atoms with E-state index in [1.165, 1.54) is 12.8 Å². The molecule has 0 unspecified atom stereocenters. The van der Waals surface area contributed by atoms with Gasteiger partial charge >= 0.3 is 0 Å². The Bertz CT molecular complexity index is 147. The molecule has 0 spiro atoms. The van der Waals surface area contributed by atoms with Gasteiger partial charge in [-0.05, 0) is 19.3 Å². The van der Waals surface area contributed by atoms with E-state index in [9.17, 15) is 0 Å². The number of hydrogen-bond acceptors (Lipinski definition) is 3. The van der Waals surface area contributed by atoms with Crippen LogP contribution in [0.25, 0.3) is 0 Å². The maximum Gasteiger partial charge on any atom is 0.0704 e. The molecule has 1 atom stereocenters. The van der Waals surface area contributed by atoms with Gasteiger partial charge in [0.2, 0.25) is 0 Å². The van der Waals surface area contributed by atoms with E-state index in [1.54, 1.807) is 7.11 Å². The van der Waals surface area contributed by atoms with E-state index >= 15 is 0 Å². The Kier molecular flexibility index (Phi) is 4.08. The van der Waals surface area contributed by atoms with Crippen molar-refractivity contribution in [1.82, 2.24) is 5.01 Å². The van der Waals surface area contributed by atoms with Crippen molar-refractivity contribution in [3.63, 3.8) is 0 Å². The first-order valence-corrected chi connectivity index (χ1v) is 4.66. The van der Waals surface area contributed by atoms with Gasteiger partial charge in [-0.1, -0.05) is 6.92 Å². The van der Waals surface area contributed by atoms with Gasteiger partial charge in [0.25, 0.3) is 0 Å². The lowest BCUT2D eigenvalue weighted by atomic mass is 10.2. The molecule has 70 valence electrons. The van der Waals surface area contributed by atoms with Crippen LogP contribution in [0.2, 0.25) is 0 Å². The molecule has 0 amide bonds. The Morgan fingerprint density at radius 3 is 3.17 bits per heavy atom. The van der Waals surface area contributed by atoms with E-state index in [1.807, 2.05) is 6.21 Å². The van der Waals surface area contributed by atoms with Gasteiger partial charge in [-0.25, -0.2) is 0 Å². The molecule has 3 heteroatoms. The van der Waals surface area contributed by atoms with Gasteiger partial charge in [0.15, 0.2) is 0 Å². The highest BCUT2D eigenvalue weighted by molar-refractivity contribution is 5.56. The summed E-state index contributed by atoms with van der Waals surface area (Å²) in [5.74, 6) is 0. The number of hydrogen-bond donors (Lipinski definition) is 0. The number of nitrogens with zero attached hydrogens (tertiary/aromatic N) is 2. The molecule has 0 saturated carbocycles. The van der Waals surface area contributed by atoms with Gasteiger partial charge in [0, 0.05) is 19.9 Å². The molecule has 3 nitrogen and oxygen atoms in total. The second-order valence-electron chi connectivity index (χ2n) is 3.12. The van der Waals surface area contributed by atoms with Crippen LogP contribution in [0.3, 0.4) is 0 Å². The van der Waals surface area contributed by atoms with Crippen LogP contribution in [0.5, 0.6) is 0 Å². The lowest BCUT2D eigenvalue weighted by Crippen LogP contribution is -2.28. The highest BCUT2D eigenvalue weighted by Crippen LogP contribution is 2.16. The van der Waals surface area contributed by atoms with Gasteiger partial charge in [0.1, 0.15) is 0 Å². The van der Waals surface area contributed by atoms with Crippen molar-refractivity contribution in [2.45, 2.75) is 32.2 Å². The molecule has 1 saturated heterocycles. The molecule has 1 aliphatic rings. The van der Waals surface area contributed by atoms with Crippen molar-refractivity contribution in [2.75, 3.05) is 20.3 Å². The van der Waals surface area contributed by atoms with E-state index in [4.69, 9.17) is 4.74 Å². The Morgan fingerprint density at radius 2 is 2.50 bits per heavy atom. The molecule has 0 aliphatic carbocycles. The first-order chi connectivity index (χ1) is 5.88. The van der Waals surface area contributed by atoms with E-state index in [2.05, 4.69) is 17.0 Å². The summed E-state index contributed by atoms with van der Waals surface area (Å²) >= 11 is 0. The summed E-state index contributed by atoms with van der Waals surface area (Å²) < 4.78 is 5.12. The first kappa shape index (κ1) is 9.52. The SMILES string of the molecule is CCC=NN1CCC[C@@H]1COC. The topological polar surface area (TPSA) is 24.8 Å².